The molecule has 2 aliphatic rings. The molecule has 4 rings (SSSR count). The van der Waals surface area contributed by atoms with Crippen LogP contribution in [0.4, 0.5) is 5.69 Å². The summed E-state index contributed by atoms with van der Waals surface area (Å²) >= 11 is 0. The molecule has 2 saturated heterocycles. The fraction of sp³-hybridized carbons (Fsp3) is 0.467. The van der Waals surface area contributed by atoms with Crippen LogP contribution in [0.3, 0.4) is 0 Å². The fourth-order valence-corrected chi connectivity index (χ4v) is 3.53. The van der Waals surface area contributed by atoms with E-state index in [1.165, 1.54) is 0 Å². The lowest BCUT2D eigenvalue weighted by molar-refractivity contribution is -0.120. The van der Waals surface area contributed by atoms with Crippen LogP contribution in [0.2, 0.25) is 0 Å². The number of carbonyl (C=O) groups is 1. The largest absolute Gasteiger partial charge is 0.316 e. The predicted molar refractivity (Wildman–Crippen MR) is 77.6 cm³/mol. The molecule has 1 aromatic heterocycles. The molecule has 2 atom stereocenters. The smallest absolute Gasteiger partial charge is 0.231 e. The van der Waals surface area contributed by atoms with Gasteiger partial charge in [-0.1, -0.05) is 6.07 Å². The van der Waals surface area contributed by atoms with Crippen LogP contribution in [0, 0.1) is 11.8 Å². The van der Waals surface area contributed by atoms with Crippen LogP contribution in [-0.2, 0) is 11.3 Å². The normalized spacial score (nSPS) is 25.6. The van der Waals surface area contributed by atoms with Crippen LogP contribution in [0.25, 0.3) is 10.9 Å². The van der Waals surface area contributed by atoms with E-state index in [-0.39, 0.29) is 11.8 Å². The zero-order valence-electron chi connectivity index (χ0n) is 11.5. The van der Waals surface area contributed by atoms with Gasteiger partial charge < -0.3 is 10.2 Å². The van der Waals surface area contributed by atoms with E-state index in [1.54, 1.807) is 0 Å². The van der Waals surface area contributed by atoms with Gasteiger partial charge in [-0.3, -0.25) is 9.48 Å². The van der Waals surface area contributed by atoms with Gasteiger partial charge in [0.15, 0.2) is 0 Å². The van der Waals surface area contributed by atoms with Crippen LogP contribution in [0.5, 0.6) is 0 Å². The SMILES string of the molecule is CCn1ncc2c(N3C[C@H]4CNC[C@H]4C3=O)cccc21. The average Bonchev–Trinajstić information content (AvgIpc) is 3.14. The van der Waals surface area contributed by atoms with Crippen molar-refractivity contribution in [3.8, 4) is 0 Å². The molecule has 1 amide bonds. The molecule has 2 aromatic rings. The van der Waals surface area contributed by atoms with Gasteiger partial charge in [-0.25, -0.2) is 0 Å². The monoisotopic (exact) mass is 270 g/mol. The number of aromatic nitrogens is 2. The van der Waals surface area contributed by atoms with Crippen LogP contribution in [0.1, 0.15) is 6.92 Å². The predicted octanol–water partition coefficient (Wildman–Crippen LogP) is 1.24. The Morgan fingerprint density at radius 2 is 2.30 bits per heavy atom. The molecule has 1 aromatic carbocycles. The van der Waals surface area contributed by atoms with Crippen molar-refractivity contribution in [3.05, 3.63) is 24.4 Å². The van der Waals surface area contributed by atoms with Gasteiger partial charge in [0.25, 0.3) is 0 Å². The number of hydrogen-bond acceptors (Lipinski definition) is 3. The molecule has 5 nitrogen and oxygen atoms in total. The van der Waals surface area contributed by atoms with Gasteiger partial charge >= 0.3 is 0 Å². The minimum absolute atomic E-state index is 0.159. The summed E-state index contributed by atoms with van der Waals surface area (Å²) in [5, 5.41) is 8.80. The molecule has 1 N–H and O–H groups in total. The molecule has 0 unspecified atom stereocenters. The third kappa shape index (κ3) is 1.53. The van der Waals surface area contributed by atoms with Crippen molar-refractivity contribution in [3.63, 3.8) is 0 Å². The standard InChI is InChI=1S/C15H18N4O/c1-2-19-14-5-3-4-13(12(14)8-17-19)18-9-10-6-16-7-11(10)15(18)20/h3-5,8,10-11,16H,2,6-7,9H2,1H3/t10-,11-/m1/s1. The Bertz CT molecular complexity index is 678. The highest BCUT2D eigenvalue weighted by molar-refractivity contribution is 6.05. The van der Waals surface area contributed by atoms with Crippen molar-refractivity contribution in [2.45, 2.75) is 13.5 Å². The number of nitrogens with zero attached hydrogens (tertiary/aromatic N) is 3. The molecule has 0 saturated carbocycles. The highest BCUT2D eigenvalue weighted by atomic mass is 16.2. The molecule has 20 heavy (non-hydrogen) atoms. The number of benzene rings is 1. The summed E-state index contributed by atoms with van der Waals surface area (Å²) in [5.41, 5.74) is 2.12. The topological polar surface area (TPSA) is 50.2 Å². The maximum Gasteiger partial charge on any atom is 0.231 e. The van der Waals surface area contributed by atoms with Crippen molar-refractivity contribution in [2.75, 3.05) is 24.5 Å². The Kier molecular flexibility index (Phi) is 2.57. The summed E-state index contributed by atoms with van der Waals surface area (Å²) in [7, 11) is 0. The zero-order chi connectivity index (χ0) is 13.7. The van der Waals surface area contributed by atoms with Gasteiger partial charge in [-0.05, 0) is 19.1 Å². The Hall–Kier alpha value is -1.88. The van der Waals surface area contributed by atoms with Crippen molar-refractivity contribution in [1.82, 2.24) is 15.1 Å². The van der Waals surface area contributed by atoms with Gasteiger partial charge in [0.1, 0.15) is 0 Å². The van der Waals surface area contributed by atoms with Crippen molar-refractivity contribution in [1.29, 1.82) is 0 Å². The van der Waals surface area contributed by atoms with Crippen molar-refractivity contribution in [2.24, 2.45) is 11.8 Å². The average molecular weight is 270 g/mol. The molecular weight excluding hydrogens is 252 g/mol. The summed E-state index contributed by atoms with van der Waals surface area (Å²) in [4.78, 5) is 14.5. The first-order valence-corrected chi connectivity index (χ1v) is 7.26. The number of hydrogen-bond donors (Lipinski definition) is 1. The maximum atomic E-state index is 12.6. The van der Waals surface area contributed by atoms with E-state index in [4.69, 9.17) is 0 Å². The lowest BCUT2D eigenvalue weighted by Gasteiger charge is -2.18. The number of nitrogens with one attached hydrogen (secondary N) is 1. The third-order valence-electron chi connectivity index (χ3n) is 4.59. The van der Waals surface area contributed by atoms with Crippen LogP contribution < -0.4 is 10.2 Å². The Morgan fingerprint density at radius 1 is 1.40 bits per heavy atom. The van der Waals surface area contributed by atoms with E-state index in [0.29, 0.717) is 5.92 Å². The number of rotatable bonds is 2. The number of amides is 1. The quantitative estimate of drug-likeness (QED) is 0.893. The molecule has 5 heteroatoms. The lowest BCUT2D eigenvalue weighted by Crippen LogP contribution is -2.30. The van der Waals surface area contributed by atoms with E-state index in [0.717, 1.165) is 42.8 Å². The minimum atomic E-state index is 0.159. The molecule has 104 valence electrons. The van der Waals surface area contributed by atoms with Gasteiger partial charge in [0.05, 0.1) is 23.3 Å². The molecule has 0 radical (unpaired) electrons. The molecular formula is C15H18N4O. The molecule has 0 bridgehead atoms. The number of anilines is 1. The van der Waals surface area contributed by atoms with Crippen LogP contribution in [0.15, 0.2) is 24.4 Å². The van der Waals surface area contributed by atoms with Crippen molar-refractivity contribution < 1.29 is 4.79 Å². The third-order valence-corrected chi connectivity index (χ3v) is 4.59. The first-order chi connectivity index (χ1) is 9.79. The van der Waals surface area contributed by atoms with E-state index >= 15 is 0 Å². The zero-order valence-corrected chi connectivity index (χ0v) is 11.5. The summed E-state index contributed by atoms with van der Waals surface area (Å²) in [6.07, 6.45) is 1.88. The Morgan fingerprint density at radius 3 is 3.10 bits per heavy atom. The molecule has 0 spiro atoms. The van der Waals surface area contributed by atoms with E-state index in [2.05, 4.69) is 23.4 Å². The second kappa shape index (κ2) is 4.31. The number of fused-ring (bicyclic) bond motifs is 2. The maximum absolute atomic E-state index is 12.6. The summed E-state index contributed by atoms with van der Waals surface area (Å²) in [5.74, 6) is 0.877. The number of carbonyl (C=O) groups excluding carboxylic acids is 1. The van der Waals surface area contributed by atoms with Gasteiger partial charge in [-0.15, -0.1) is 0 Å². The van der Waals surface area contributed by atoms with Crippen molar-refractivity contribution >= 4 is 22.5 Å². The highest BCUT2D eigenvalue weighted by Gasteiger charge is 2.43. The second-order valence-corrected chi connectivity index (χ2v) is 5.64. The Labute approximate surface area is 117 Å². The van der Waals surface area contributed by atoms with Crippen LogP contribution in [-0.4, -0.2) is 35.3 Å². The first kappa shape index (κ1) is 11.9. The highest BCUT2D eigenvalue weighted by Crippen LogP contribution is 2.35. The lowest BCUT2D eigenvalue weighted by atomic mass is 10.0. The van der Waals surface area contributed by atoms with E-state index < -0.39 is 0 Å². The van der Waals surface area contributed by atoms with Gasteiger partial charge in [0, 0.05) is 37.5 Å². The number of aryl methyl sites for hydroxylation is 1. The van der Waals surface area contributed by atoms with Crippen LogP contribution >= 0.6 is 0 Å². The molecule has 2 fully saturated rings. The first-order valence-electron chi connectivity index (χ1n) is 7.26. The molecule has 2 aliphatic heterocycles. The minimum Gasteiger partial charge on any atom is -0.316 e. The van der Waals surface area contributed by atoms with E-state index in [9.17, 15) is 4.79 Å². The van der Waals surface area contributed by atoms with E-state index in [1.807, 2.05) is 27.9 Å². The Balaban J connectivity index is 1.79. The fourth-order valence-electron chi connectivity index (χ4n) is 3.53. The van der Waals surface area contributed by atoms with Gasteiger partial charge in [-0.2, -0.15) is 5.10 Å². The summed E-state index contributed by atoms with van der Waals surface area (Å²) in [6.45, 7) is 5.53. The molecule has 3 heterocycles. The van der Waals surface area contributed by atoms with Gasteiger partial charge in [0.2, 0.25) is 5.91 Å². The summed E-state index contributed by atoms with van der Waals surface area (Å²) in [6, 6.07) is 6.12. The summed E-state index contributed by atoms with van der Waals surface area (Å²) < 4.78 is 1.97. The second-order valence-electron chi connectivity index (χ2n) is 5.64. The molecule has 0 aliphatic carbocycles.